The Kier molecular flexibility index (Phi) is 2.63. The summed E-state index contributed by atoms with van der Waals surface area (Å²) in [7, 11) is 0. The highest BCUT2D eigenvalue weighted by Crippen LogP contribution is 2.26. The van der Waals surface area contributed by atoms with Crippen LogP contribution in [0.1, 0.15) is 10.4 Å². The van der Waals surface area contributed by atoms with Crippen LogP contribution in [0.3, 0.4) is 0 Å². The maximum absolute atomic E-state index is 11.4. The molecule has 0 aliphatic heterocycles. The molecule has 22 heavy (non-hydrogen) atoms. The lowest BCUT2D eigenvalue weighted by molar-refractivity contribution is 0.0706. The average molecular weight is 295 g/mol. The second-order valence-electron chi connectivity index (χ2n) is 4.67. The number of nitrogens with zero attached hydrogens (tertiary/aromatic N) is 3. The minimum Gasteiger partial charge on any atom is -0.436 e. The maximum atomic E-state index is 11.4. The first kappa shape index (κ1) is 12.5. The molecule has 0 atom stereocenters. The van der Waals surface area contributed by atoms with E-state index in [1.54, 1.807) is 17.6 Å². The summed E-state index contributed by atoms with van der Waals surface area (Å²) in [6, 6.07) is 10.2. The van der Waals surface area contributed by atoms with Crippen LogP contribution in [0, 0.1) is 0 Å². The fourth-order valence-corrected chi connectivity index (χ4v) is 2.23. The molecule has 0 aliphatic carbocycles. The lowest BCUT2D eigenvalue weighted by atomic mass is 10.2. The molecule has 8 heteroatoms. The number of fused-ring (bicyclic) bond motifs is 2. The number of carbonyl (C=O) groups is 1. The van der Waals surface area contributed by atoms with Crippen LogP contribution in [-0.2, 0) is 0 Å². The Morgan fingerprint density at radius 3 is 2.77 bits per heavy atom. The SMILES string of the molecule is O=C(NO)c1ccc2nc(-c3ccc4n[nH]nc4c3)oc2c1. The van der Waals surface area contributed by atoms with Gasteiger partial charge in [-0.25, -0.2) is 10.5 Å². The second-order valence-corrected chi connectivity index (χ2v) is 4.67. The Morgan fingerprint density at radius 1 is 1.09 bits per heavy atom. The van der Waals surface area contributed by atoms with E-state index >= 15 is 0 Å². The van der Waals surface area contributed by atoms with Gasteiger partial charge in [-0.3, -0.25) is 10.0 Å². The second kappa shape index (κ2) is 4.64. The maximum Gasteiger partial charge on any atom is 0.274 e. The highest BCUT2D eigenvalue weighted by atomic mass is 16.5. The van der Waals surface area contributed by atoms with E-state index in [4.69, 9.17) is 9.62 Å². The van der Waals surface area contributed by atoms with Crippen molar-refractivity contribution in [2.24, 2.45) is 0 Å². The molecule has 0 aliphatic rings. The molecule has 1 amide bonds. The zero-order valence-electron chi connectivity index (χ0n) is 11.1. The van der Waals surface area contributed by atoms with Gasteiger partial charge in [-0.05, 0) is 36.4 Å². The number of aromatic nitrogens is 4. The lowest BCUT2D eigenvalue weighted by Gasteiger charge is -1.96. The van der Waals surface area contributed by atoms with Crippen molar-refractivity contribution in [2.75, 3.05) is 0 Å². The predicted molar refractivity (Wildman–Crippen MR) is 76.1 cm³/mol. The first-order valence-electron chi connectivity index (χ1n) is 6.40. The predicted octanol–water partition coefficient (Wildman–Crippen LogP) is 1.89. The number of hydrogen-bond acceptors (Lipinski definition) is 6. The molecule has 0 unspecified atom stereocenters. The number of aromatic amines is 1. The number of oxazole rings is 1. The van der Waals surface area contributed by atoms with Crippen molar-refractivity contribution in [1.29, 1.82) is 0 Å². The van der Waals surface area contributed by atoms with Gasteiger partial charge in [0, 0.05) is 11.1 Å². The van der Waals surface area contributed by atoms with E-state index in [1.165, 1.54) is 6.07 Å². The number of nitrogens with one attached hydrogen (secondary N) is 2. The number of H-pyrrole nitrogens is 1. The average Bonchev–Trinajstić information content (AvgIpc) is 3.18. The molecule has 0 saturated heterocycles. The largest absolute Gasteiger partial charge is 0.436 e. The minimum absolute atomic E-state index is 0.282. The molecule has 2 aromatic heterocycles. The van der Waals surface area contributed by atoms with Gasteiger partial charge in [0.2, 0.25) is 5.89 Å². The summed E-state index contributed by atoms with van der Waals surface area (Å²) >= 11 is 0. The van der Waals surface area contributed by atoms with Crippen LogP contribution in [0.4, 0.5) is 0 Å². The lowest BCUT2D eigenvalue weighted by Crippen LogP contribution is -2.18. The number of amides is 1. The van der Waals surface area contributed by atoms with Crippen LogP contribution in [0.5, 0.6) is 0 Å². The summed E-state index contributed by atoms with van der Waals surface area (Å²) in [4.78, 5) is 15.8. The third-order valence-corrected chi connectivity index (χ3v) is 3.32. The van der Waals surface area contributed by atoms with Crippen LogP contribution in [0.2, 0.25) is 0 Å². The van der Waals surface area contributed by atoms with E-state index in [2.05, 4.69) is 20.4 Å². The summed E-state index contributed by atoms with van der Waals surface area (Å²) in [6.07, 6.45) is 0. The van der Waals surface area contributed by atoms with Crippen LogP contribution in [0.25, 0.3) is 33.6 Å². The van der Waals surface area contributed by atoms with Crippen molar-refractivity contribution in [3.05, 3.63) is 42.0 Å². The Labute approximate surface area is 122 Å². The molecule has 0 spiro atoms. The molecule has 4 rings (SSSR count). The minimum atomic E-state index is -0.608. The van der Waals surface area contributed by atoms with Crippen LogP contribution < -0.4 is 5.48 Å². The monoisotopic (exact) mass is 295 g/mol. The molecule has 2 heterocycles. The van der Waals surface area contributed by atoms with Crippen molar-refractivity contribution < 1.29 is 14.4 Å². The summed E-state index contributed by atoms with van der Waals surface area (Å²) in [5.41, 5.74) is 5.15. The summed E-state index contributed by atoms with van der Waals surface area (Å²) in [6.45, 7) is 0. The van der Waals surface area contributed by atoms with E-state index in [1.807, 2.05) is 18.2 Å². The van der Waals surface area contributed by atoms with Crippen LogP contribution in [0.15, 0.2) is 40.8 Å². The molecule has 0 fully saturated rings. The fraction of sp³-hybridized carbons (Fsp3) is 0. The zero-order chi connectivity index (χ0) is 15.1. The first-order valence-corrected chi connectivity index (χ1v) is 6.40. The quantitative estimate of drug-likeness (QED) is 0.384. The molecule has 0 bridgehead atoms. The highest BCUT2D eigenvalue weighted by molar-refractivity contribution is 5.96. The molecule has 4 aromatic rings. The first-order chi connectivity index (χ1) is 10.7. The smallest absolute Gasteiger partial charge is 0.274 e. The normalized spacial score (nSPS) is 11.1. The Hall–Kier alpha value is -3.26. The van der Waals surface area contributed by atoms with Gasteiger partial charge in [0.1, 0.15) is 16.6 Å². The van der Waals surface area contributed by atoms with E-state index in [-0.39, 0.29) is 5.56 Å². The molecular weight excluding hydrogens is 286 g/mol. The summed E-state index contributed by atoms with van der Waals surface area (Å²) in [5, 5.41) is 19.2. The Bertz CT molecular complexity index is 1000. The van der Waals surface area contributed by atoms with Crippen LogP contribution >= 0.6 is 0 Å². The molecule has 3 N–H and O–H groups in total. The molecule has 0 radical (unpaired) electrons. The fourth-order valence-electron chi connectivity index (χ4n) is 2.23. The van der Waals surface area contributed by atoms with Crippen molar-refractivity contribution >= 4 is 28.0 Å². The number of hydroxylamine groups is 1. The summed E-state index contributed by atoms with van der Waals surface area (Å²) in [5.74, 6) is -0.190. The van der Waals surface area contributed by atoms with Crippen LogP contribution in [-0.4, -0.2) is 31.5 Å². The topological polar surface area (TPSA) is 117 Å². The van der Waals surface area contributed by atoms with Crippen molar-refractivity contribution in [2.45, 2.75) is 0 Å². The summed E-state index contributed by atoms with van der Waals surface area (Å²) < 4.78 is 5.68. The van der Waals surface area contributed by atoms with E-state index in [0.29, 0.717) is 22.5 Å². The van der Waals surface area contributed by atoms with Gasteiger partial charge in [-0.15, -0.1) is 0 Å². The van der Waals surface area contributed by atoms with Gasteiger partial charge >= 0.3 is 0 Å². The van der Waals surface area contributed by atoms with Crippen molar-refractivity contribution in [3.8, 4) is 11.5 Å². The van der Waals surface area contributed by atoms with Gasteiger partial charge in [0.15, 0.2) is 5.58 Å². The molecule has 8 nitrogen and oxygen atoms in total. The third-order valence-electron chi connectivity index (χ3n) is 3.32. The van der Waals surface area contributed by atoms with E-state index in [0.717, 1.165) is 11.1 Å². The van der Waals surface area contributed by atoms with Gasteiger partial charge < -0.3 is 4.42 Å². The van der Waals surface area contributed by atoms with E-state index in [9.17, 15) is 4.79 Å². The zero-order valence-corrected chi connectivity index (χ0v) is 11.1. The molecular formula is C14H9N5O3. The van der Waals surface area contributed by atoms with Gasteiger partial charge in [-0.1, -0.05) is 0 Å². The molecule has 0 saturated carbocycles. The standard InChI is InChI=1S/C14H9N5O3/c20-13(18-21)7-1-4-10-12(6-7)22-14(15-10)8-2-3-9-11(5-8)17-19-16-9/h1-6,21H,(H,18,20)(H,16,17,19). The van der Waals surface area contributed by atoms with E-state index < -0.39 is 5.91 Å². The third kappa shape index (κ3) is 1.90. The number of carbonyl (C=O) groups excluding carboxylic acids is 1. The number of hydrogen-bond donors (Lipinski definition) is 3. The van der Waals surface area contributed by atoms with Gasteiger partial charge in [0.05, 0.1) is 0 Å². The highest BCUT2D eigenvalue weighted by Gasteiger charge is 2.12. The Balaban J connectivity index is 1.82. The molecule has 2 aromatic carbocycles. The van der Waals surface area contributed by atoms with Gasteiger partial charge in [0.25, 0.3) is 5.91 Å². The molecule has 108 valence electrons. The van der Waals surface area contributed by atoms with Gasteiger partial charge in [-0.2, -0.15) is 15.4 Å². The Morgan fingerprint density at radius 2 is 1.91 bits per heavy atom. The number of benzene rings is 2. The van der Waals surface area contributed by atoms with Crippen molar-refractivity contribution in [1.82, 2.24) is 25.9 Å². The number of rotatable bonds is 2. The van der Waals surface area contributed by atoms with Crippen molar-refractivity contribution in [3.63, 3.8) is 0 Å².